The van der Waals surface area contributed by atoms with Crippen LogP contribution >= 0.6 is 0 Å². The van der Waals surface area contributed by atoms with Crippen LogP contribution in [0, 0.1) is 0 Å². The van der Waals surface area contributed by atoms with Gasteiger partial charge in [0.1, 0.15) is 0 Å². The van der Waals surface area contributed by atoms with E-state index in [1.165, 1.54) is 29.5 Å². The molecule has 0 atom stereocenters. The Morgan fingerprint density at radius 3 is 2.80 bits per heavy atom. The summed E-state index contributed by atoms with van der Waals surface area (Å²) in [7, 11) is 0. The average Bonchev–Trinajstić information content (AvgIpc) is 3.02. The second kappa shape index (κ2) is 5.31. The molecule has 1 fully saturated rings. The zero-order valence-corrected chi connectivity index (χ0v) is 12.4. The minimum absolute atomic E-state index is 0.139. The highest BCUT2D eigenvalue weighted by atomic mass is 16.2. The lowest BCUT2D eigenvalue weighted by Crippen LogP contribution is -2.32. The Morgan fingerprint density at radius 1 is 1.20 bits per heavy atom. The fourth-order valence-corrected chi connectivity index (χ4v) is 3.01. The first kappa shape index (κ1) is 13.2. The summed E-state index contributed by atoms with van der Waals surface area (Å²) in [6, 6.07) is 6.65. The Bertz CT molecular complexity index is 558. The Morgan fingerprint density at radius 2 is 2.00 bits per heavy atom. The maximum Gasteiger partial charge on any atom is 0.324 e. The molecule has 1 aromatic rings. The van der Waals surface area contributed by atoms with Crippen molar-refractivity contribution in [2.24, 2.45) is 0 Å². The summed E-state index contributed by atoms with van der Waals surface area (Å²) < 4.78 is 0. The summed E-state index contributed by atoms with van der Waals surface area (Å²) in [6.07, 6.45) is 5.71. The van der Waals surface area contributed by atoms with Crippen molar-refractivity contribution in [2.45, 2.75) is 33.1 Å². The number of nitrogens with zero attached hydrogens (tertiary/aromatic N) is 2. The molecule has 1 saturated heterocycles. The summed E-state index contributed by atoms with van der Waals surface area (Å²) in [6.45, 7) is 6.48. The third-order valence-corrected chi connectivity index (χ3v) is 4.21. The summed E-state index contributed by atoms with van der Waals surface area (Å²) in [4.78, 5) is 16.3. The first-order valence-electron chi connectivity index (χ1n) is 7.47. The number of allylic oxidation sites excluding steroid dienone is 1. The van der Waals surface area contributed by atoms with Gasteiger partial charge in [-0.2, -0.15) is 0 Å². The van der Waals surface area contributed by atoms with Crippen molar-refractivity contribution in [1.82, 2.24) is 4.90 Å². The predicted octanol–water partition coefficient (Wildman–Crippen LogP) is 3.38. The van der Waals surface area contributed by atoms with Gasteiger partial charge in [-0.25, -0.2) is 4.79 Å². The molecule has 3 rings (SSSR count). The molecule has 20 heavy (non-hydrogen) atoms. The number of benzene rings is 1. The highest BCUT2D eigenvalue weighted by Crippen LogP contribution is 2.28. The number of carbonyl (C=O) groups excluding carboxylic acids is 1. The second-order valence-electron chi connectivity index (χ2n) is 5.97. The summed E-state index contributed by atoms with van der Waals surface area (Å²) >= 11 is 0. The second-order valence-corrected chi connectivity index (χ2v) is 5.97. The summed E-state index contributed by atoms with van der Waals surface area (Å²) in [5, 5.41) is 0. The molecule has 3 nitrogen and oxygen atoms in total. The minimum atomic E-state index is 0.139. The molecule has 2 amide bonds. The Kier molecular flexibility index (Phi) is 3.51. The van der Waals surface area contributed by atoms with E-state index in [-0.39, 0.29) is 6.03 Å². The van der Waals surface area contributed by atoms with Gasteiger partial charge in [-0.1, -0.05) is 17.7 Å². The topological polar surface area (TPSA) is 23.6 Å². The van der Waals surface area contributed by atoms with E-state index in [1.54, 1.807) is 0 Å². The third-order valence-electron chi connectivity index (χ3n) is 4.21. The van der Waals surface area contributed by atoms with Gasteiger partial charge < -0.3 is 4.90 Å². The fraction of sp³-hybridized carbons (Fsp3) is 0.471. The van der Waals surface area contributed by atoms with Gasteiger partial charge in [0.25, 0.3) is 0 Å². The largest absolute Gasteiger partial charge is 0.324 e. The lowest BCUT2D eigenvalue weighted by Gasteiger charge is -2.18. The minimum Gasteiger partial charge on any atom is -0.319 e. The zero-order chi connectivity index (χ0) is 14.1. The molecule has 0 saturated carbocycles. The lowest BCUT2D eigenvalue weighted by atomic mass is 10.1. The maximum atomic E-state index is 12.4. The number of amides is 2. The van der Waals surface area contributed by atoms with Gasteiger partial charge in [0.15, 0.2) is 0 Å². The van der Waals surface area contributed by atoms with Crippen LogP contribution in [-0.4, -0.2) is 30.6 Å². The van der Waals surface area contributed by atoms with Crippen LogP contribution in [0.4, 0.5) is 10.5 Å². The van der Waals surface area contributed by atoms with E-state index in [0.29, 0.717) is 0 Å². The van der Waals surface area contributed by atoms with Gasteiger partial charge >= 0.3 is 6.03 Å². The van der Waals surface area contributed by atoms with Crippen LogP contribution in [0.5, 0.6) is 0 Å². The molecule has 1 aliphatic carbocycles. The van der Waals surface area contributed by atoms with E-state index < -0.39 is 0 Å². The highest BCUT2D eigenvalue weighted by molar-refractivity contribution is 5.94. The summed E-state index contributed by atoms with van der Waals surface area (Å²) in [5.41, 5.74) is 5.21. The van der Waals surface area contributed by atoms with E-state index in [9.17, 15) is 4.79 Å². The smallest absolute Gasteiger partial charge is 0.319 e. The lowest BCUT2D eigenvalue weighted by molar-refractivity contribution is 0.225. The average molecular weight is 270 g/mol. The molecule has 0 bridgehead atoms. The molecule has 0 radical (unpaired) electrons. The fourth-order valence-electron chi connectivity index (χ4n) is 3.01. The van der Waals surface area contributed by atoms with Gasteiger partial charge in [-0.3, -0.25) is 4.90 Å². The molecule has 0 spiro atoms. The van der Waals surface area contributed by atoms with Crippen LogP contribution < -0.4 is 4.90 Å². The third kappa shape index (κ3) is 2.45. The van der Waals surface area contributed by atoms with E-state index >= 15 is 0 Å². The predicted molar refractivity (Wildman–Crippen MR) is 82.2 cm³/mol. The number of anilines is 1. The van der Waals surface area contributed by atoms with Gasteiger partial charge in [-0.05, 0) is 56.4 Å². The number of hydrogen-bond donors (Lipinski definition) is 0. The molecule has 1 aromatic carbocycles. The van der Waals surface area contributed by atoms with Gasteiger partial charge in [-0.15, -0.1) is 0 Å². The van der Waals surface area contributed by atoms with E-state index in [1.807, 2.05) is 9.80 Å². The molecule has 3 heteroatoms. The van der Waals surface area contributed by atoms with E-state index in [2.05, 4.69) is 38.1 Å². The van der Waals surface area contributed by atoms with Crippen LogP contribution in [0.25, 0.3) is 0 Å². The van der Waals surface area contributed by atoms with E-state index in [0.717, 1.165) is 31.7 Å². The van der Waals surface area contributed by atoms with Crippen molar-refractivity contribution in [2.75, 3.05) is 24.5 Å². The molecular weight excluding hydrogens is 248 g/mol. The Hall–Kier alpha value is -1.77. The number of fused-ring (bicyclic) bond motifs is 1. The van der Waals surface area contributed by atoms with Crippen molar-refractivity contribution in [3.8, 4) is 0 Å². The van der Waals surface area contributed by atoms with Crippen molar-refractivity contribution in [3.63, 3.8) is 0 Å². The number of hydrogen-bond acceptors (Lipinski definition) is 1. The molecule has 0 N–H and O–H groups in total. The first-order valence-corrected chi connectivity index (χ1v) is 7.47. The monoisotopic (exact) mass is 270 g/mol. The number of carbonyl (C=O) groups is 1. The van der Waals surface area contributed by atoms with Crippen molar-refractivity contribution in [3.05, 3.63) is 41.0 Å². The van der Waals surface area contributed by atoms with Crippen LogP contribution in [-0.2, 0) is 12.8 Å². The van der Waals surface area contributed by atoms with Crippen LogP contribution in [0.3, 0.4) is 0 Å². The van der Waals surface area contributed by atoms with Crippen molar-refractivity contribution in [1.29, 1.82) is 0 Å². The molecule has 1 aliphatic heterocycles. The maximum absolute atomic E-state index is 12.4. The van der Waals surface area contributed by atoms with Crippen LogP contribution in [0.15, 0.2) is 29.8 Å². The van der Waals surface area contributed by atoms with Crippen LogP contribution in [0.2, 0.25) is 0 Å². The molecule has 0 aromatic heterocycles. The van der Waals surface area contributed by atoms with Crippen molar-refractivity contribution < 1.29 is 4.79 Å². The zero-order valence-electron chi connectivity index (χ0n) is 12.4. The molecule has 0 unspecified atom stereocenters. The standard InChI is InChI=1S/C17H22N2O/c1-13(2)8-9-18-10-11-19(17(18)20)16-7-6-14-4-3-5-15(14)12-16/h6-8,12H,3-5,9-11H2,1-2H3. The summed E-state index contributed by atoms with van der Waals surface area (Å²) in [5.74, 6) is 0. The number of aryl methyl sites for hydroxylation is 2. The highest BCUT2D eigenvalue weighted by Gasteiger charge is 2.29. The van der Waals surface area contributed by atoms with Crippen molar-refractivity contribution >= 4 is 11.7 Å². The quantitative estimate of drug-likeness (QED) is 0.772. The number of rotatable bonds is 3. The number of urea groups is 1. The first-order chi connectivity index (χ1) is 9.65. The Balaban J connectivity index is 1.75. The van der Waals surface area contributed by atoms with Gasteiger partial charge in [0, 0.05) is 25.3 Å². The van der Waals surface area contributed by atoms with Crippen LogP contribution in [0.1, 0.15) is 31.4 Å². The SMILES string of the molecule is CC(C)=CCN1CCN(c2ccc3c(c2)CCC3)C1=O. The molecule has 2 aliphatic rings. The molecule has 106 valence electrons. The Labute approximate surface area is 120 Å². The normalized spacial score (nSPS) is 17.6. The van der Waals surface area contributed by atoms with E-state index in [4.69, 9.17) is 0 Å². The van der Waals surface area contributed by atoms with Gasteiger partial charge in [0.05, 0.1) is 0 Å². The molecule has 1 heterocycles. The van der Waals surface area contributed by atoms with Gasteiger partial charge in [0.2, 0.25) is 0 Å². The molecular formula is C17H22N2O.